The van der Waals surface area contributed by atoms with Crippen LogP contribution in [-0.2, 0) is 22.4 Å². The van der Waals surface area contributed by atoms with E-state index in [0.29, 0.717) is 24.4 Å². The van der Waals surface area contributed by atoms with Crippen molar-refractivity contribution < 1.29 is 19.1 Å². The number of aromatic nitrogens is 2. The van der Waals surface area contributed by atoms with E-state index in [-0.39, 0.29) is 5.91 Å². The first kappa shape index (κ1) is 32.0. The average Bonchev–Trinajstić information content (AvgIpc) is 3.54. The van der Waals surface area contributed by atoms with Crippen LogP contribution in [0.25, 0.3) is 10.2 Å². The number of ether oxygens (including phenoxy) is 2. The summed E-state index contributed by atoms with van der Waals surface area (Å²) < 4.78 is 13.7. The molecule has 1 aliphatic rings. The van der Waals surface area contributed by atoms with Crippen LogP contribution in [0.1, 0.15) is 64.0 Å². The molecule has 1 unspecified atom stereocenters. The summed E-state index contributed by atoms with van der Waals surface area (Å²) in [5.41, 5.74) is 3.34. The molecule has 12 heteroatoms. The molecular weight excluding hydrogens is 711 g/mol. The summed E-state index contributed by atoms with van der Waals surface area (Å²) in [5, 5.41) is 4.64. The molecule has 3 heterocycles. The molecule has 2 aromatic heterocycles. The molecule has 0 spiro atoms. The van der Waals surface area contributed by atoms with Gasteiger partial charge in [-0.3, -0.25) is 4.79 Å². The summed E-state index contributed by atoms with van der Waals surface area (Å²) in [6.45, 7) is 14.3. The number of esters is 1. The van der Waals surface area contributed by atoms with Crippen LogP contribution in [0.2, 0.25) is 25.7 Å². The number of halogens is 1. The van der Waals surface area contributed by atoms with Crippen molar-refractivity contribution in [1.29, 1.82) is 0 Å². The molecule has 4 aromatic rings. The van der Waals surface area contributed by atoms with E-state index >= 15 is 0 Å². The van der Waals surface area contributed by atoms with Gasteiger partial charge in [0.1, 0.15) is 13.5 Å². The van der Waals surface area contributed by atoms with E-state index in [1.165, 1.54) is 11.3 Å². The number of nitrogens with zero attached hydrogens (tertiary/aromatic N) is 3. The van der Waals surface area contributed by atoms with Crippen molar-refractivity contribution in [2.45, 2.75) is 71.3 Å². The zero-order valence-corrected chi connectivity index (χ0v) is 30.1. The van der Waals surface area contributed by atoms with Gasteiger partial charge in [0, 0.05) is 33.3 Å². The number of amides is 1. The van der Waals surface area contributed by atoms with Crippen LogP contribution in [0, 0.1) is 2.88 Å². The molecule has 1 amide bonds. The SMILES string of the molecule is CC(C)(C)OC(=O)c1nc(N2CCc3cccc(C(=O)NC(OCC[Si](C)(C)C)c4nc5ccccc5s4)c3C2)sc1I. The smallest absolute Gasteiger partial charge is 0.359 e. The van der Waals surface area contributed by atoms with E-state index in [1.807, 2.05) is 57.2 Å². The van der Waals surface area contributed by atoms with Gasteiger partial charge in [-0.1, -0.05) is 55.2 Å². The van der Waals surface area contributed by atoms with Crippen LogP contribution >= 0.6 is 45.3 Å². The average molecular weight is 749 g/mol. The number of nitrogens with one attached hydrogen (secondary N) is 1. The van der Waals surface area contributed by atoms with E-state index in [0.717, 1.165) is 53.4 Å². The molecule has 0 saturated carbocycles. The number of fused-ring (bicyclic) bond motifs is 2. The maximum absolute atomic E-state index is 13.9. The number of rotatable bonds is 9. The molecule has 228 valence electrons. The van der Waals surface area contributed by atoms with Gasteiger partial charge in [-0.15, -0.1) is 11.3 Å². The van der Waals surface area contributed by atoms with Gasteiger partial charge < -0.3 is 19.7 Å². The van der Waals surface area contributed by atoms with E-state index < -0.39 is 25.9 Å². The lowest BCUT2D eigenvalue weighted by molar-refractivity contribution is 0.00622. The minimum Gasteiger partial charge on any atom is -0.455 e. The Morgan fingerprint density at radius 3 is 2.58 bits per heavy atom. The first-order chi connectivity index (χ1) is 20.3. The zero-order valence-electron chi connectivity index (χ0n) is 25.3. The van der Waals surface area contributed by atoms with Crippen molar-refractivity contribution in [3.63, 3.8) is 0 Å². The van der Waals surface area contributed by atoms with Crippen LogP contribution in [0.15, 0.2) is 42.5 Å². The molecule has 1 aliphatic heterocycles. The fourth-order valence-electron chi connectivity index (χ4n) is 4.69. The van der Waals surface area contributed by atoms with Crippen molar-refractivity contribution in [3.05, 3.63) is 72.7 Å². The predicted molar refractivity (Wildman–Crippen MR) is 185 cm³/mol. The topological polar surface area (TPSA) is 93.7 Å². The Hall–Kier alpha value is -2.39. The maximum atomic E-state index is 13.9. The molecule has 0 saturated heterocycles. The Morgan fingerprint density at radius 2 is 1.86 bits per heavy atom. The summed E-state index contributed by atoms with van der Waals surface area (Å²) in [6.07, 6.45) is 0.122. The van der Waals surface area contributed by atoms with Gasteiger partial charge in [-0.2, -0.15) is 0 Å². The van der Waals surface area contributed by atoms with E-state index in [4.69, 9.17) is 14.5 Å². The van der Waals surface area contributed by atoms with Gasteiger partial charge in [-0.05, 0) is 85.2 Å². The first-order valence-electron chi connectivity index (χ1n) is 14.3. The molecule has 0 fully saturated rings. The molecule has 1 N–H and O–H groups in total. The summed E-state index contributed by atoms with van der Waals surface area (Å²) >= 11 is 5.15. The molecule has 2 aromatic carbocycles. The maximum Gasteiger partial charge on any atom is 0.359 e. The van der Waals surface area contributed by atoms with Gasteiger partial charge >= 0.3 is 5.97 Å². The van der Waals surface area contributed by atoms with Gasteiger partial charge in [0.15, 0.2) is 17.1 Å². The first-order valence-corrected chi connectivity index (χ1v) is 20.7. The fourth-order valence-corrected chi connectivity index (χ4v) is 8.13. The third-order valence-electron chi connectivity index (χ3n) is 6.89. The zero-order chi connectivity index (χ0) is 30.9. The second kappa shape index (κ2) is 12.9. The van der Waals surface area contributed by atoms with Crippen molar-refractivity contribution in [3.8, 4) is 0 Å². The minimum atomic E-state index is -1.34. The molecular formula is C31H37IN4O4S2Si. The monoisotopic (exact) mass is 748 g/mol. The van der Waals surface area contributed by atoms with Crippen molar-refractivity contribution >= 4 is 80.6 Å². The van der Waals surface area contributed by atoms with Crippen LogP contribution in [0.3, 0.4) is 0 Å². The van der Waals surface area contributed by atoms with E-state index in [1.54, 1.807) is 11.3 Å². The summed E-state index contributed by atoms with van der Waals surface area (Å²) in [7, 11) is -1.34. The largest absolute Gasteiger partial charge is 0.455 e. The summed E-state index contributed by atoms with van der Waals surface area (Å²) in [4.78, 5) is 38.3. The lowest BCUT2D eigenvalue weighted by Crippen LogP contribution is -2.35. The van der Waals surface area contributed by atoms with Gasteiger partial charge in [0.25, 0.3) is 5.91 Å². The molecule has 1 atom stereocenters. The highest BCUT2D eigenvalue weighted by molar-refractivity contribution is 14.1. The second-order valence-electron chi connectivity index (χ2n) is 12.8. The molecule has 8 nitrogen and oxygen atoms in total. The normalized spacial score (nSPS) is 14.4. The Balaban J connectivity index is 1.38. The number of benzene rings is 2. The molecule has 5 rings (SSSR count). The Kier molecular flexibility index (Phi) is 9.62. The predicted octanol–water partition coefficient (Wildman–Crippen LogP) is 7.66. The van der Waals surface area contributed by atoms with Crippen LogP contribution in [-0.4, -0.2) is 48.7 Å². The second-order valence-corrected chi connectivity index (χ2v) is 22.3. The molecule has 0 bridgehead atoms. The van der Waals surface area contributed by atoms with Crippen LogP contribution < -0.4 is 10.2 Å². The highest BCUT2D eigenvalue weighted by atomic mass is 127. The molecule has 0 radical (unpaired) electrons. The third-order valence-corrected chi connectivity index (χ3v) is 11.7. The van der Waals surface area contributed by atoms with Gasteiger partial charge in [0.05, 0.1) is 10.2 Å². The Bertz CT molecular complexity index is 1610. The van der Waals surface area contributed by atoms with E-state index in [2.05, 4.69) is 63.5 Å². The van der Waals surface area contributed by atoms with Gasteiger partial charge in [0.2, 0.25) is 0 Å². The standard InChI is InChI=1S/C31H37IN4O4S2Si/c1-31(2,3)40-29(38)24-25(32)42-30(34-24)36-15-14-19-10-9-11-20(21(19)18-36)26(37)35-27(39-16-17-43(4,5)6)28-33-22-12-7-8-13-23(22)41-28/h7-13,27H,14-18H2,1-6H3,(H,35,37). The highest BCUT2D eigenvalue weighted by Crippen LogP contribution is 2.34. The highest BCUT2D eigenvalue weighted by Gasteiger charge is 2.29. The van der Waals surface area contributed by atoms with Gasteiger partial charge in [-0.25, -0.2) is 14.8 Å². The number of carbonyl (C=O) groups excluding carboxylic acids is 2. The molecule has 43 heavy (non-hydrogen) atoms. The number of para-hydroxylation sites is 1. The lowest BCUT2D eigenvalue weighted by Gasteiger charge is -2.30. The fraction of sp³-hybridized carbons (Fsp3) is 0.419. The number of hydrogen-bond acceptors (Lipinski definition) is 9. The van der Waals surface area contributed by atoms with Crippen molar-refractivity contribution in [2.75, 3.05) is 18.1 Å². The van der Waals surface area contributed by atoms with E-state index in [9.17, 15) is 9.59 Å². The Labute approximate surface area is 275 Å². The minimum absolute atomic E-state index is 0.195. The quantitative estimate of drug-likeness (QED) is 0.0814. The number of anilines is 1. The number of carbonyl (C=O) groups is 2. The van der Waals surface area contributed by atoms with Crippen LogP contribution in [0.5, 0.6) is 0 Å². The number of hydrogen-bond donors (Lipinski definition) is 1. The van der Waals surface area contributed by atoms with Crippen molar-refractivity contribution in [1.82, 2.24) is 15.3 Å². The summed E-state index contributed by atoms with van der Waals surface area (Å²) in [6, 6.07) is 14.8. The third kappa shape index (κ3) is 8.01. The lowest BCUT2D eigenvalue weighted by atomic mass is 9.94. The summed E-state index contributed by atoms with van der Waals surface area (Å²) in [5.74, 6) is -0.619. The Morgan fingerprint density at radius 1 is 1.09 bits per heavy atom. The number of thiazole rings is 2. The van der Waals surface area contributed by atoms with Crippen molar-refractivity contribution in [2.24, 2.45) is 0 Å². The molecule has 0 aliphatic carbocycles. The van der Waals surface area contributed by atoms with Crippen LogP contribution in [0.4, 0.5) is 5.13 Å².